The second kappa shape index (κ2) is 4.81. The molecule has 18 heavy (non-hydrogen) atoms. The highest BCUT2D eigenvalue weighted by molar-refractivity contribution is 4.90. The van der Waals surface area contributed by atoms with Crippen molar-refractivity contribution in [2.24, 2.45) is 0 Å². The number of hydrogen-bond acceptors (Lipinski definition) is 5. The lowest BCUT2D eigenvalue weighted by molar-refractivity contribution is -0.207. The summed E-state index contributed by atoms with van der Waals surface area (Å²) in [6.07, 6.45) is -4.97. The first-order valence-corrected chi connectivity index (χ1v) is 5.58. The first kappa shape index (κ1) is 13.2. The average Bonchev–Trinajstić information content (AvgIpc) is 2.99. The molecule has 1 aliphatic rings. The van der Waals surface area contributed by atoms with Crippen molar-refractivity contribution < 1.29 is 18.3 Å². The lowest BCUT2D eigenvalue weighted by Crippen LogP contribution is -2.39. The molecule has 1 aromatic heterocycles. The van der Waals surface area contributed by atoms with Crippen molar-refractivity contribution in [2.75, 3.05) is 13.6 Å². The molecular weight excluding hydrogens is 251 g/mol. The lowest BCUT2D eigenvalue weighted by atomic mass is 10.3. The molecule has 0 aromatic carbocycles. The maximum absolute atomic E-state index is 12.2. The first-order valence-electron chi connectivity index (χ1n) is 5.58. The number of aliphatic hydroxyl groups excluding tert-OH is 1. The molecule has 1 N–H and O–H groups in total. The molecule has 1 atom stereocenters. The molecule has 1 heterocycles. The quantitative estimate of drug-likeness (QED) is 0.832. The molecule has 1 aromatic rings. The number of halogens is 3. The Morgan fingerprint density at radius 3 is 2.72 bits per heavy atom. The Balaban J connectivity index is 1.90. The van der Waals surface area contributed by atoms with Crippen LogP contribution in [0.5, 0.6) is 0 Å². The molecule has 0 aliphatic heterocycles. The Bertz CT molecular complexity index is 403. The third-order valence-electron chi connectivity index (χ3n) is 2.73. The van der Waals surface area contributed by atoms with Gasteiger partial charge in [-0.3, -0.25) is 4.90 Å². The molecule has 0 radical (unpaired) electrons. The average molecular weight is 265 g/mol. The summed E-state index contributed by atoms with van der Waals surface area (Å²) < 4.78 is 38.2. The number of likely N-dealkylation sites (N-methyl/N-ethyl adjacent to an activating group) is 1. The molecule has 1 unspecified atom stereocenters. The minimum atomic E-state index is -4.60. The van der Waals surface area contributed by atoms with Crippen LogP contribution in [0, 0.1) is 0 Å². The highest BCUT2D eigenvalue weighted by atomic mass is 19.4. The molecule has 1 aliphatic carbocycles. The summed E-state index contributed by atoms with van der Waals surface area (Å²) in [4.78, 5) is 1.35. The predicted molar refractivity (Wildman–Crippen MR) is 54.5 cm³/mol. The molecule has 9 heteroatoms. The summed E-state index contributed by atoms with van der Waals surface area (Å²) in [6.45, 7) is -0.322. The maximum Gasteiger partial charge on any atom is 0.415 e. The Hall–Kier alpha value is -1.22. The van der Waals surface area contributed by atoms with E-state index >= 15 is 0 Å². The van der Waals surface area contributed by atoms with Gasteiger partial charge in [0.05, 0.1) is 12.6 Å². The molecule has 2 rings (SSSR count). The van der Waals surface area contributed by atoms with Crippen LogP contribution in [0.25, 0.3) is 0 Å². The zero-order valence-corrected chi connectivity index (χ0v) is 9.80. The predicted octanol–water partition coefficient (Wildman–Crippen LogP) is 0.363. The smallest absolute Gasteiger partial charge is 0.382 e. The van der Waals surface area contributed by atoms with Crippen LogP contribution in [0.1, 0.15) is 24.7 Å². The summed E-state index contributed by atoms with van der Waals surface area (Å²) in [6, 6.07) is 0.274. The third-order valence-corrected chi connectivity index (χ3v) is 2.73. The van der Waals surface area contributed by atoms with Crippen molar-refractivity contribution in [3.05, 3.63) is 5.82 Å². The van der Waals surface area contributed by atoms with Crippen molar-refractivity contribution >= 4 is 0 Å². The molecule has 0 saturated heterocycles. The van der Waals surface area contributed by atoms with Crippen molar-refractivity contribution in [2.45, 2.75) is 37.7 Å². The number of rotatable bonds is 5. The zero-order chi connectivity index (χ0) is 13.3. The molecule has 102 valence electrons. The molecule has 1 fully saturated rings. The number of alkyl halides is 3. The SMILES string of the molecule is CN(Cc1nnnn1C1CC1)CC(O)C(F)(F)F. The van der Waals surface area contributed by atoms with Crippen molar-refractivity contribution in [1.82, 2.24) is 25.1 Å². The summed E-state index contributed by atoms with van der Waals surface area (Å²) in [7, 11) is 1.49. The standard InChI is InChI=1S/C9H14F3N5O/c1-16(4-7(18)9(10,11)12)5-8-13-14-15-17(8)6-2-3-6/h6-7,18H,2-5H2,1H3. The number of aliphatic hydroxyl groups is 1. The van der Waals surface area contributed by atoms with Gasteiger partial charge in [-0.15, -0.1) is 5.10 Å². The Labute approximate surface area is 101 Å². The molecular formula is C9H14F3N5O. The van der Waals surface area contributed by atoms with Crippen LogP contribution in [-0.4, -0.2) is 56.1 Å². The van der Waals surface area contributed by atoms with E-state index in [-0.39, 0.29) is 12.6 Å². The maximum atomic E-state index is 12.2. The lowest BCUT2D eigenvalue weighted by Gasteiger charge is -2.21. The van der Waals surface area contributed by atoms with Gasteiger partial charge in [0.15, 0.2) is 11.9 Å². The number of hydrogen-bond donors (Lipinski definition) is 1. The Morgan fingerprint density at radius 2 is 2.17 bits per heavy atom. The van der Waals surface area contributed by atoms with Crippen LogP contribution in [-0.2, 0) is 6.54 Å². The van der Waals surface area contributed by atoms with Gasteiger partial charge >= 0.3 is 6.18 Å². The fourth-order valence-electron chi connectivity index (χ4n) is 1.62. The van der Waals surface area contributed by atoms with E-state index in [1.165, 1.54) is 11.9 Å². The van der Waals surface area contributed by atoms with E-state index in [4.69, 9.17) is 5.11 Å². The number of aromatic nitrogens is 4. The van der Waals surface area contributed by atoms with Gasteiger partial charge in [0.1, 0.15) is 0 Å². The van der Waals surface area contributed by atoms with E-state index in [1.54, 1.807) is 4.68 Å². The normalized spacial score (nSPS) is 18.3. The second-order valence-corrected chi connectivity index (χ2v) is 4.53. The van der Waals surface area contributed by atoms with Crippen molar-refractivity contribution in [1.29, 1.82) is 0 Å². The van der Waals surface area contributed by atoms with E-state index in [2.05, 4.69) is 15.5 Å². The fourth-order valence-corrected chi connectivity index (χ4v) is 1.62. The summed E-state index contributed by atoms with van der Waals surface area (Å²) in [5.74, 6) is 0.523. The largest absolute Gasteiger partial charge is 0.415 e. The molecule has 6 nitrogen and oxygen atoms in total. The molecule has 0 spiro atoms. The highest BCUT2D eigenvalue weighted by Crippen LogP contribution is 2.34. The Morgan fingerprint density at radius 1 is 1.50 bits per heavy atom. The molecule has 0 amide bonds. The first-order chi connectivity index (χ1) is 8.38. The van der Waals surface area contributed by atoms with Crippen LogP contribution >= 0.6 is 0 Å². The van der Waals surface area contributed by atoms with Crippen LogP contribution < -0.4 is 0 Å². The van der Waals surface area contributed by atoms with Crippen LogP contribution in [0.2, 0.25) is 0 Å². The van der Waals surface area contributed by atoms with Gasteiger partial charge in [-0.2, -0.15) is 13.2 Å². The van der Waals surface area contributed by atoms with E-state index in [9.17, 15) is 13.2 Å². The monoisotopic (exact) mass is 265 g/mol. The van der Waals surface area contributed by atoms with Crippen LogP contribution in [0.3, 0.4) is 0 Å². The van der Waals surface area contributed by atoms with Crippen molar-refractivity contribution in [3.8, 4) is 0 Å². The van der Waals surface area contributed by atoms with Gasteiger partial charge in [0.2, 0.25) is 0 Å². The van der Waals surface area contributed by atoms with Gasteiger partial charge in [-0.1, -0.05) is 0 Å². The third kappa shape index (κ3) is 3.16. The summed E-state index contributed by atoms with van der Waals surface area (Å²) in [5.41, 5.74) is 0. The number of tetrazole rings is 1. The van der Waals surface area contributed by atoms with E-state index in [1.807, 2.05) is 0 Å². The summed E-state index contributed by atoms with van der Waals surface area (Å²) >= 11 is 0. The summed E-state index contributed by atoms with van der Waals surface area (Å²) in [5, 5.41) is 20.1. The zero-order valence-electron chi connectivity index (χ0n) is 9.80. The van der Waals surface area contributed by atoms with Gasteiger partial charge < -0.3 is 5.11 Å². The topological polar surface area (TPSA) is 67.1 Å². The van der Waals surface area contributed by atoms with Crippen LogP contribution in [0.15, 0.2) is 0 Å². The minimum Gasteiger partial charge on any atom is -0.382 e. The second-order valence-electron chi connectivity index (χ2n) is 4.53. The van der Waals surface area contributed by atoms with E-state index in [0.29, 0.717) is 5.82 Å². The van der Waals surface area contributed by atoms with Gasteiger partial charge in [0.25, 0.3) is 0 Å². The van der Waals surface area contributed by atoms with Crippen LogP contribution in [0.4, 0.5) is 13.2 Å². The Kier molecular flexibility index (Phi) is 3.53. The van der Waals surface area contributed by atoms with Crippen molar-refractivity contribution in [3.63, 3.8) is 0 Å². The van der Waals surface area contributed by atoms with E-state index < -0.39 is 18.8 Å². The highest BCUT2D eigenvalue weighted by Gasteiger charge is 2.39. The van der Waals surface area contributed by atoms with Gasteiger partial charge in [-0.05, 0) is 30.3 Å². The van der Waals surface area contributed by atoms with E-state index in [0.717, 1.165) is 12.8 Å². The van der Waals surface area contributed by atoms with Gasteiger partial charge in [0, 0.05) is 6.54 Å². The molecule has 0 bridgehead atoms. The fraction of sp³-hybridized carbons (Fsp3) is 0.889. The minimum absolute atomic E-state index is 0.177. The molecule has 1 saturated carbocycles. The van der Waals surface area contributed by atoms with Gasteiger partial charge in [-0.25, -0.2) is 4.68 Å². The number of nitrogens with zero attached hydrogens (tertiary/aromatic N) is 5.